The van der Waals surface area contributed by atoms with Crippen molar-refractivity contribution in [2.75, 3.05) is 0 Å². The number of nitrogens with zero attached hydrogens (tertiary/aromatic N) is 2. The number of ketones is 1. The van der Waals surface area contributed by atoms with Gasteiger partial charge in [-0.3, -0.25) is 4.79 Å². The van der Waals surface area contributed by atoms with Crippen molar-refractivity contribution < 1.29 is 4.79 Å². The van der Waals surface area contributed by atoms with Crippen molar-refractivity contribution in [3.63, 3.8) is 0 Å². The molecule has 3 aromatic rings. The van der Waals surface area contributed by atoms with Gasteiger partial charge in [0.2, 0.25) is 5.78 Å². The monoisotopic (exact) mass is 346 g/mol. The number of carbonyl (C=O) groups is 1. The molecule has 0 saturated heterocycles. The van der Waals surface area contributed by atoms with Gasteiger partial charge in [0.05, 0.1) is 6.21 Å². The number of hydrogen-bond donors (Lipinski definition) is 0. The smallest absolute Gasteiger partial charge is 0.213 e. The van der Waals surface area contributed by atoms with E-state index < -0.39 is 0 Å². The molecule has 3 rings (SSSR count). The van der Waals surface area contributed by atoms with Crippen molar-refractivity contribution in [3.8, 4) is 0 Å². The second kappa shape index (κ2) is 8.18. The molecule has 0 radical (unpaired) electrons. The molecule has 0 amide bonds. The Morgan fingerprint density at radius 1 is 0.760 bits per heavy atom. The standard InChI is InChI=1S/C21H15ClN2O/c22-19-13-11-16(12-14-19)15-23-24-20(17-7-3-1-4-8-17)21(25)18-9-5-2-6-10-18/h1-15H. The molecule has 4 heteroatoms. The Hall–Kier alpha value is -3.04. The molecule has 0 fully saturated rings. The SMILES string of the molecule is O=C(C(=NN=Cc1ccc(Cl)cc1)c1ccccc1)c1ccccc1. The first-order valence-corrected chi connectivity index (χ1v) is 8.13. The van der Waals surface area contributed by atoms with Gasteiger partial charge in [-0.2, -0.15) is 5.10 Å². The van der Waals surface area contributed by atoms with Gasteiger partial charge in [-0.15, -0.1) is 5.10 Å². The normalized spacial score (nSPS) is 11.6. The van der Waals surface area contributed by atoms with Crippen LogP contribution in [0.1, 0.15) is 21.5 Å². The van der Waals surface area contributed by atoms with Crippen LogP contribution in [0.15, 0.2) is 95.1 Å². The average molecular weight is 347 g/mol. The molecule has 0 heterocycles. The van der Waals surface area contributed by atoms with Crippen molar-refractivity contribution >= 4 is 29.3 Å². The minimum atomic E-state index is -0.167. The maximum atomic E-state index is 12.8. The van der Waals surface area contributed by atoms with Crippen LogP contribution in [-0.2, 0) is 0 Å². The number of carbonyl (C=O) groups excluding carboxylic acids is 1. The molecule has 0 N–H and O–H groups in total. The van der Waals surface area contributed by atoms with Crippen LogP contribution in [-0.4, -0.2) is 17.7 Å². The van der Waals surface area contributed by atoms with Gasteiger partial charge >= 0.3 is 0 Å². The zero-order chi connectivity index (χ0) is 17.5. The van der Waals surface area contributed by atoms with E-state index in [0.717, 1.165) is 11.1 Å². The van der Waals surface area contributed by atoms with Crippen molar-refractivity contribution in [2.45, 2.75) is 0 Å². The lowest BCUT2D eigenvalue weighted by Crippen LogP contribution is -2.15. The molecule has 3 aromatic carbocycles. The van der Waals surface area contributed by atoms with Crippen molar-refractivity contribution in [1.82, 2.24) is 0 Å². The summed E-state index contributed by atoms with van der Waals surface area (Å²) in [5.41, 5.74) is 2.46. The van der Waals surface area contributed by atoms with Crippen LogP contribution >= 0.6 is 11.6 Å². The molecule has 0 aliphatic carbocycles. The second-order valence-electron chi connectivity index (χ2n) is 5.31. The highest BCUT2D eigenvalue weighted by Gasteiger charge is 2.15. The van der Waals surface area contributed by atoms with E-state index >= 15 is 0 Å². The Bertz CT molecular complexity index is 902. The molecule has 0 spiro atoms. The molecule has 0 saturated carbocycles. The molecule has 0 bridgehead atoms. The Kier molecular flexibility index (Phi) is 5.50. The maximum absolute atomic E-state index is 12.8. The first kappa shape index (κ1) is 16.8. The lowest BCUT2D eigenvalue weighted by molar-refractivity contribution is 0.106. The zero-order valence-electron chi connectivity index (χ0n) is 13.3. The Morgan fingerprint density at radius 3 is 1.92 bits per heavy atom. The Labute approximate surface area is 151 Å². The van der Waals surface area contributed by atoms with E-state index in [0.29, 0.717) is 16.3 Å². The maximum Gasteiger partial charge on any atom is 0.213 e. The van der Waals surface area contributed by atoms with Crippen LogP contribution in [0.2, 0.25) is 5.02 Å². The summed E-state index contributed by atoms with van der Waals surface area (Å²) in [5, 5.41) is 8.94. The zero-order valence-corrected chi connectivity index (χ0v) is 14.1. The van der Waals surface area contributed by atoms with E-state index in [-0.39, 0.29) is 5.78 Å². The average Bonchev–Trinajstić information content (AvgIpc) is 2.67. The van der Waals surface area contributed by atoms with E-state index in [4.69, 9.17) is 11.6 Å². The third-order valence-corrected chi connectivity index (χ3v) is 3.78. The number of Topliss-reactive ketones (excluding diaryl/α,β-unsaturated/α-hetero) is 1. The van der Waals surface area contributed by atoms with Crippen LogP contribution < -0.4 is 0 Å². The van der Waals surface area contributed by atoms with Crippen LogP contribution in [0.25, 0.3) is 0 Å². The Morgan fingerprint density at radius 2 is 1.32 bits per heavy atom. The van der Waals surface area contributed by atoms with Crippen LogP contribution in [0.5, 0.6) is 0 Å². The molecule has 122 valence electrons. The number of benzene rings is 3. The summed E-state index contributed by atoms with van der Waals surface area (Å²) in [5.74, 6) is -0.167. The lowest BCUT2D eigenvalue weighted by Gasteiger charge is -2.04. The molecular weight excluding hydrogens is 332 g/mol. The lowest BCUT2D eigenvalue weighted by atomic mass is 10.0. The van der Waals surface area contributed by atoms with E-state index in [1.54, 1.807) is 30.5 Å². The van der Waals surface area contributed by atoms with Crippen molar-refractivity contribution in [2.24, 2.45) is 10.2 Å². The highest BCUT2D eigenvalue weighted by atomic mass is 35.5. The van der Waals surface area contributed by atoms with Gasteiger partial charge in [-0.25, -0.2) is 0 Å². The van der Waals surface area contributed by atoms with E-state index in [1.165, 1.54) is 0 Å². The van der Waals surface area contributed by atoms with Crippen LogP contribution in [0.4, 0.5) is 0 Å². The summed E-state index contributed by atoms with van der Waals surface area (Å²) < 4.78 is 0. The van der Waals surface area contributed by atoms with E-state index in [9.17, 15) is 4.79 Å². The van der Waals surface area contributed by atoms with Crippen LogP contribution in [0.3, 0.4) is 0 Å². The minimum Gasteiger partial charge on any atom is -0.287 e. The molecule has 0 aliphatic rings. The summed E-state index contributed by atoms with van der Waals surface area (Å²) in [6.45, 7) is 0. The quantitative estimate of drug-likeness (QED) is 0.362. The summed E-state index contributed by atoms with van der Waals surface area (Å²) in [6.07, 6.45) is 1.59. The van der Waals surface area contributed by atoms with Crippen molar-refractivity contribution in [1.29, 1.82) is 0 Å². The number of rotatable bonds is 5. The predicted octanol–water partition coefficient (Wildman–Crippen LogP) is 5.05. The highest BCUT2D eigenvalue weighted by molar-refractivity contribution is 6.51. The Balaban J connectivity index is 1.94. The summed E-state index contributed by atoms with van der Waals surface area (Å²) in [4.78, 5) is 12.8. The molecule has 0 atom stereocenters. The van der Waals surface area contributed by atoms with Gasteiger partial charge in [0.15, 0.2) is 0 Å². The second-order valence-corrected chi connectivity index (χ2v) is 5.74. The topological polar surface area (TPSA) is 41.8 Å². The molecule has 0 unspecified atom stereocenters. The third kappa shape index (κ3) is 4.49. The first-order chi connectivity index (χ1) is 12.2. The summed E-state index contributed by atoms with van der Waals surface area (Å²) >= 11 is 5.87. The van der Waals surface area contributed by atoms with Gasteiger partial charge in [0.25, 0.3) is 0 Å². The fraction of sp³-hybridized carbons (Fsp3) is 0. The summed E-state index contributed by atoms with van der Waals surface area (Å²) in [6, 6.07) is 25.6. The fourth-order valence-electron chi connectivity index (χ4n) is 2.26. The van der Waals surface area contributed by atoms with Gasteiger partial charge in [-0.1, -0.05) is 84.4 Å². The van der Waals surface area contributed by atoms with E-state index in [1.807, 2.05) is 60.7 Å². The van der Waals surface area contributed by atoms with Gasteiger partial charge in [-0.05, 0) is 17.7 Å². The largest absolute Gasteiger partial charge is 0.287 e. The first-order valence-electron chi connectivity index (χ1n) is 7.76. The minimum absolute atomic E-state index is 0.167. The van der Waals surface area contributed by atoms with Gasteiger partial charge in [0.1, 0.15) is 5.71 Å². The highest BCUT2D eigenvalue weighted by Crippen LogP contribution is 2.10. The number of hydrogen-bond acceptors (Lipinski definition) is 3. The molecular formula is C21H15ClN2O. The summed E-state index contributed by atoms with van der Waals surface area (Å²) in [7, 11) is 0. The van der Waals surface area contributed by atoms with Crippen LogP contribution in [0, 0.1) is 0 Å². The molecule has 25 heavy (non-hydrogen) atoms. The number of halogens is 1. The third-order valence-electron chi connectivity index (χ3n) is 3.53. The van der Waals surface area contributed by atoms with E-state index in [2.05, 4.69) is 10.2 Å². The molecule has 3 nitrogen and oxygen atoms in total. The fourth-order valence-corrected chi connectivity index (χ4v) is 2.38. The molecule has 0 aliphatic heterocycles. The van der Waals surface area contributed by atoms with Crippen molar-refractivity contribution in [3.05, 3.63) is 107 Å². The predicted molar refractivity (Wildman–Crippen MR) is 103 cm³/mol. The molecule has 0 aromatic heterocycles. The van der Waals surface area contributed by atoms with Gasteiger partial charge in [0, 0.05) is 16.1 Å². The van der Waals surface area contributed by atoms with Gasteiger partial charge < -0.3 is 0 Å².